The number of alkyl halides is 6. The van der Waals surface area contributed by atoms with Gasteiger partial charge in [0.1, 0.15) is 11.5 Å². The minimum atomic E-state index is -4.99. The van der Waals surface area contributed by atoms with Gasteiger partial charge in [0.05, 0.1) is 23.9 Å². The van der Waals surface area contributed by atoms with Crippen molar-refractivity contribution in [1.82, 2.24) is 0 Å². The first-order valence-corrected chi connectivity index (χ1v) is 10.0. The fourth-order valence-electron chi connectivity index (χ4n) is 3.49. The van der Waals surface area contributed by atoms with Gasteiger partial charge in [0.25, 0.3) is 0 Å². The van der Waals surface area contributed by atoms with E-state index in [2.05, 4.69) is 4.99 Å². The van der Waals surface area contributed by atoms with Gasteiger partial charge in [-0.2, -0.15) is 26.3 Å². The summed E-state index contributed by atoms with van der Waals surface area (Å²) in [6.45, 7) is 3.72. The van der Waals surface area contributed by atoms with Crippen LogP contribution in [0.2, 0.25) is 0 Å². The molecule has 0 saturated carbocycles. The summed E-state index contributed by atoms with van der Waals surface area (Å²) in [6, 6.07) is 13.3. The Balaban J connectivity index is 2.12. The van der Waals surface area contributed by atoms with Crippen LogP contribution in [0.4, 0.5) is 32.0 Å². The molecule has 0 saturated heterocycles. The summed E-state index contributed by atoms with van der Waals surface area (Å²) >= 11 is 0. The molecular weight excluding hydrogens is 460 g/mol. The quantitative estimate of drug-likeness (QED) is 0.303. The van der Waals surface area contributed by atoms with Gasteiger partial charge in [0.15, 0.2) is 0 Å². The van der Waals surface area contributed by atoms with E-state index >= 15 is 0 Å². The minimum absolute atomic E-state index is 0.0303. The summed E-state index contributed by atoms with van der Waals surface area (Å²) in [5, 5.41) is 10.9. The van der Waals surface area contributed by atoms with E-state index in [0.29, 0.717) is 23.4 Å². The monoisotopic (exact) mass is 481 g/mol. The van der Waals surface area contributed by atoms with Crippen LogP contribution >= 0.6 is 0 Å². The molecule has 3 aromatic rings. The first-order valence-electron chi connectivity index (χ1n) is 10.0. The predicted octanol–water partition coefficient (Wildman–Crippen LogP) is 7.51. The van der Waals surface area contributed by atoms with Gasteiger partial charge in [0, 0.05) is 22.8 Å². The van der Waals surface area contributed by atoms with Crippen LogP contribution in [0.15, 0.2) is 65.7 Å². The van der Waals surface area contributed by atoms with Gasteiger partial charge in [-0.3, -0.25) is 4.99 Å². The predicted molar refractivity (Wildman–Crippen MR) is 117 cm³/mol. The molecule has 0 aromatic heterocycles. The second-order valence-corrected chi connectivity index (χ2v) is 8.13. The number of rotatable bonds is 5. The van der Waals surface area contributed by atoms with Crippen LogP contribution in [0.5, 0.6) is 11.5 Å². The number of halogens is 6. The van der Waals surface area contributed by atoms with Gasteiger partial charge in [-0.05, 0) is 35.9 Å². The highest BCUT2D eigenvalue weighted by molar-refractivity contribution is 5.87. The molecule has 0 amide bonds. The maximum Gasteiger partial charge on any atom is 0.416 e. The summed E-state index contributed by atoms with van der Waals surface area (Å²) in [5.41, 5.74) is -2.83. The minimum Gasteiger partial charge on any atom is -0.507 e. The van der Waals surface area contributed by atoms with Crippen molar-refractivity contribution in [3.05, 3.63) is 88.5 Å². The maximum absolute atomic E-state index is 13.1. The number of ether oxygens (including phenoxy) is 1. The number of aromatic hydroxyl groups is 1. The molecule has 0 unspecified atom stereocenters. The zero-order valence-electron chi connectivity index (χ0n) is 18.4. The number of hydrogen-bond acceptors (Lipinski definition) is 3. The summed E-state index contributed by atoms with van der Waals surface area (Å²) in [6.07, 6.45) is -8.97. The van der Waals surface area contributed by atoms with E-state index in [9.17, 15) is 31.4 Å². The lowest BCUT2D eigenvalue weighted by atomic mass is 9.77. The molecule has 1 N–H and O–H groups in total. The summed E-state index contributed by atoms with van der Waals surface area (Å²) in [7, 11) is 1.40. The van der Waals surface area contributed by atoms with Crippen LogP contribution < -0.4 is 4.74 Å². The third-order valence-corrected chi connectivity index (χ3v) is 5.44. The molecule has 3 aromatic carbocycles. The molecule has 0 aliphatic carbocycles. The number of phenols is 1. The van der Waals surface area contributed by atoms with E-state index in [1.807, 2.05) is 44.2 Å². The van der Waals surface area contributed by atoms with Gasteiger partial charge in [-0.15, -0.1) is 0 Å². The average Bonchev–Trinajstić information content (AvgIpc) is 2.77. The highest BCUT2D eigenvalue weighted by atomic mass is 19.4. The molecule has 0 spiro atoms. The van der Waals surface area contributed by atoms with Crippen molar-refractivity contribution in [2.45, 2.75) is 31.6 Å². The lowest BCUT2D eigenvalue weighted by Crippen LogP contribution is -2.19. The molecule has 0 aliphatic rings. The molecule has 34 heavy (non-hydrogen) atoms. The van der Waals surface area contributed by atoms with E-state index < -0.39 is 34.6 Å². The van der Waals surface area contributed by atoms with Crippen molar-refractivity contribution in [2.24, 2.45) is 4.99 Å². The van der Waals surface area contributed by atoms with Crippen LogP contribution in [0, 0.1) is 0 Å². The number of methoxy groups -OCH3 is 1. The average molecular weight is 481 g/mol. The Morgan fingerprint density at radius 3 is 1.85 bits per heavy atom. The van der Waals surface area contributed by atoms with E-state index in [1.165, 1.54) is 13.2 Å². The van der Waals surface area contributed by atoms with E-state index in [4.69, 9.17) is 4.74 Å². The molecule has 0 fully saturated rings. The molecule has 0 bridgehead atoms. The standard InChI is InChI=1S/C25H21F6NO2/c1-23(2,16-7-5-4-6-8-16)21-13-20(34-3)9-15(22(21)33)14-32-19-11-17(24(26,27)28)10-18(12-19)25(29,30)31/h4-14,33H,1-3H3. The summed E-state index contributed by atoms with van der Waals surface area (Å²) in [5.74, 6) is 0.111. The van der Waals surface area contributed by atoms with Gasteiger partial charge in [-0.1, -0.05) is 44.2 Å². The molecule has 0 aliphatic heterocycles. The molecule has 180 valence electrons. The molecule has 3 rings (SSSR count). The number of benzene rings is 3. The van der Waals surface area contributed by atoms with E-state index in [0.717, 1.165) is 11.8 Å². The van der Waals surface area contributed by atoms with Gasteiger partial charge >= 0.3 is 12.4 Å². The lowest BCUT2D eigenvalue weighted by molar-refractivity contribution is -0.143. The van der Waals surface area contributed by atoms with Crippen LogP contribution in [0.3, 0.4) is 0 Å². The third-order valence-electron chi connectivity index (χ3n) is 5.44. The van der Waals surface area contributed by atoms with Crippen molar-refractivity contribution in [3.63, 3.8) is 0 Å². The van der Waals surface area contributed by atoms with Crippen molar-refractivity contribution in [3.8, 4) is 11.5 Å². The van der Waals surface area contributed by atoms with Crippen molar-refractivity contribution < 1.29 is 36.2 Å². The first kappa shape index (κ1) is 25.1. The Hall–Kier alpha value is -3.49. The number of aliphatic imine (C=N–C) groups is 1. The highest BCUT2D eigenvalue weighted by Gasteiger charge is 2.37. The fraction of sp³-hybridized carbons (Fsp3) is 0.240. The molecule has 0 radical (unpaired) electrons. The lowest BCUT2D eigenvalue weighted by Gasteiger charge is -2.28. The van der Waals surface area contributed by atoms with Crippen LogP contribution in [-0.2, 0) is 17.8 Å². The van der Waals surface area contributed by atoms with Crippen LogP contribution in [-0.4, -0.2) is 18.4 Å². The molecule has 3 nitrogen and oxygen atoms in total. The van der Waals surface area contributed by atoms with E-state index in [1.54, 1.807) is 6.07 Å². The Morgan fingerprint density at radius 1 is 0.794 bits per heavy atom. The second kappa shape index (κ2) is 9.04. The Morgan fingerprint density at radius 2 is 1.35 bits per heavy atom. The normalized spacial score (nSPS) is 12.9. The van der Waals surface area contributed by atoms with Crippen molar-refractivity contribution in [1.29, 1.82) is 0 Å². The molecular formula is C25H21F6NO2. The number of hydrogen-bond donors (Lipinski definition) is 1. The maximum atomic E-state index is 13.1. The van der Waals surface area contributed by atoms with Crippen molar-refractivity contribution in [2.75, 3.05) is 7.11 Å². The Bertz CT molecular complexity index is 1170. The van der Waals surface area contributed by atoms with E-state index in [-0.39, 0.29) is 17.4 Å². The van der Waals surface area contributed by atoms with Gasteiger partial charge in [-0.25, -0.2) is 0 Å². The van der Waals surface area contributed by atoms with Gasteiger partial charge < -0.3 is 9.84 Å². The third kappa shape index (κ3) is 5.35. The molecule has 0 atom stereocenters. The van der Waals surface area contributed by atoms with Gasteiger partial charge in [0.2, 0.25) is 0 Å². The highest BCUT2D eigenvalue weighted by Crippen LogP contribution is 2.41. The fourth-order valence-corrected chi connectivity index (χ4v) is 3.49. The van der Waals surface area contributed by atoms with Crippen LogP contribution in [0.1, 0.15) is 41.7 Å². The largest absolute Gasteiger partial charge is 0.507 e. The SMILES string of the molecule is COc1cc(C=Nc2cc(C(F)(F)F)cc(C(F)(F)F)c2)c(O)c(C(C)(C)c2ccccc2)c1. The Labute approximate surface area is 192 Å². The molecule has 9 heteroatoms. The summed E-state index contributed by atoms with van der Waals surface area (Å²) in [4.78, 5) is 3.82. The number of nitrogens with zero attached hydrogens (tertiary/aromatic N) is 1. The smallest absolute Gasteiger partial charge is 0.416 e. The first-order chi connectivity index (χ1) is 15.7. The summed E-state index contributed by atoms with van der Waals surface area (Å²) < 4.78 is 84.1. The zero-order valence-corrected chi connectivity index (χ0v) is 18.4. The van der Waals surface area contributed by atoms with Crippen molar-refractivity contribution >= 4 is 11.9 Å². The number of phenolic OH excluding ortho intramolecular Hbond substituents is 1. The zero-order chi connectivity index (χ0) is 25.3. The Kier molecular flexibility index (Phi) is 6.68. The topological polar surface area (TPSA) is 41.8 Å². The second-order valence-electron chi connectivity index (χ2n) is 8.13. The molecule has 0 heterocycles. The van der Waals surface area contributed by atoms with Crippen LogP contribution in [0.25, 0.3) is 0 Å².